The van der Waals surface area contributed by atoms with Crippen molar-refractivity contribution in [3.8, 4) is 5.75 Å². The molecule has 1 aromatic rings. The molecule has 0 radical (unpaired) electrons. The monoisotopic (exact) mass is 461 g/mol. The van der Waals surface area contributed by atoms with Gasteiger partial charge in [0.2, 0.25) is 0 Å². The minimum absolute atomic E-state index is 0.0291. The summed E-state index contributed by atoms with van der Waals surface area (Å²) in [6.45, 7) is 7.03. The summed E-state index contributed by atoms with van der Waals surface area (Å²) in [6.07, 6.45) is 9.86. The number of carbonyl (C=O) groups excluding carboxylic acids is 1. The Bertz CT molecular complexity index is 1190. The number of esters is 1. The number of carbonyl (C=O) groups is 1. The second-order valence-electron chi connectivity index (χ2n) is 10.9. The molecule has 6 heteroatoms. The number of rotatable bonds is 1. The van der Waals surface area contributed by atoms with Crippen molar-refractivity contribution in [1.82, 2.24) is 0 Å². The average Bonchev–Trinajstić information content (AvgIpc) is 2.83. The lowest BCUT2D eigenvalue weighted by Gasteiger charge is -2.51. The van der Waals surface area contributed by atoms with Crippen LogP contribution < -0.4 is 9.64 Å². The molecule has 0 aromatic heterocycles. The molecule has 1 aromatic carbocycles. The van der Waals surface area contributed by atoms with Gasteiger partial charge in [-0.2, -0.15) is 0 Å². The molecule has 4 atom stereocenters. The van der Waals surface area contributed by atoms with Crippen LogP contribution in [0.25, 0.3) is 0 Å². The Morgan fingerprint density at radius 1 is 1.18 bits per heavy atom. The van der Waals surface area contributed by atoms with Gasteiger partial charge in [0.15, 0.2) is 0 Å². The largest absolute Gasteiger partial charge is 0.497 e. The average molecular weight is 462 g/mol. The van der Waals surface area contributed by atoms with Crippen LogP contribution in [0.15, 0.2) is 41.4 Å². The first-order chi connectivity index (χ1) is 16.5. The van der Waals surface area contributed by atoms with Gasteiger partial charge in [0.05, 0.1) is 25.2 Å². The predicted octanol–water partition coefficient (Wildman–Crippen LogP) is 4.18. The number of aryl methyl sites for hydroxylation is 1. The van der Waals surface area contributed by atoms with E-state index in [9.17, 15) is 4.79 Å². The molecular weight excluding hydrogens is 430 g/mol. The van der Waals surface area contributed by atoms with Gasteiger partial charge in [-0.3, -0.25) is 0 Å². The van der Waals surface area contributed by atoms with E-state index in [1.165, 1.54) is 23.2 Å². The van der Waals surface area contributed by atoms with Crippen molar-refractivity contribution in [3.05, 3.63) is 58.1 Å². The zero-order valence-electron chi connectivity index (χ0n) is 20.1. The van der Waals surface area contributed by atoms with Crippen molar-refractivity contribution in [2.24, 2.45) is 11.8 Å². The zero-order valence-corrected chi connectivity index (χ0v) is 20.1. The van der Waals surface area contributed by atoms with E-state index in [1.807, 2.05) is 18.2 Å². The number of anilines is 1. The van der Waals surface area contributed by atoms with E-state index in [-0.39, 0.29) is 29.8 Å². The highest BCUT2D eigenvalue weighted by molar-refractivity contribution is 5.93. The molecular formula is C28H31NO5. The maximum atomic E-state index is 13.5. The molecule has 0 N–H and O–H groups in total. The predicted molar refractivity (Wildman–Crippen MR) is 127 cm³/mol. The van der Waals surface area contributed by atoms with Gasteiger partial charge < -0.3 is 23.8 Å². The SMILES string of the molecule is COC1=CC2C3=C(C(=O)OC2C=C1)[C@H]1c2cc4c5c(c2OC[C@H]1C(C)(C)O3)CCCN5CCC4. The Morgan fingerprint density at radius 3 is 2.82 bits per heavy atom. The smallest absolute Gasteiger partial charge is 0.338 e. The van der Waals surface area contributed by atoms with Crippen LogP contribution in [0.3, 0.4) is 0 Å². The van der Waals surface area contributed by atoms with Crippen LogP contribution in [0.5, 0.6) is 5.75 Å². The number of methoxy groups -OCH3 is 1. The summed E-state index contributed by atoms with van der Waals surface area (Å²) < 4.78 is 24.7. The van der Waals surface area contributed by atoms with E-state index in [0.29, 0.717) is 12.2 Å². The van der Waals surface area contributed by atoms with Gasteiger partial charge in [-0.05, 0) is 69.4 Å². The Hall–Kier alpha value is -2.89. The fourth-order valence-electron chi connectivity index (χ4n) is 7.04. The van der Waals surface area contributed by atoms with E-state index in [4.69, 9.17) is 18.9 Å². The van der Waals surface area contributed by atoms with Gasteiger partial charge in [0.1, 0.15) is 29.0 Å². The Balaban J connectivity index is 1.45. The van der Waals surface area contributed by atoms with Crippen LogP contribution in [0.2, 0.25) is 0 Å². The standard InChI is InChI=1S/C28H31NO5/c1-28(2)20-14-32-25-17-7-5-11-29-10-4-6-15(24(17)29)12-19(25)22(20)23-26(34-28)18-13-16(31-3)8-9-21(18)33-27(23)30/h8-9,12-13,18,20-22H,4-7,10-11,14H2,1-3H3/t18?,20-,21?,22+/m1/s1. The number of allylic oxidation sites excluding steroid dienone is 1. The molecule has 178 valence electrons. The Kier molecular flexibility index (Phi) is 4.25. The topological polar surface area (TPSA) is 57.2 Å². The zero-order chi connectivity index (χ0) is 23.2. The van der Waals surface area contributed by atoms with Crippen molar-refractivity contribution in [2.45, 2.75) is 57.2 Å². The van der Waals surface area contributed by atoms with Crippen molar-refractivity contribution in [1.29, 1.82) is 0 Å². The summed E-state index contributed by atoms with van der Waals surface area (Å²) in [4.78, 5) is 16.1. The molecule has 34 heavy (non-hydrogen) atoms. The minimum Gasteiger partial charge on any atom is -0.497 e. The highest BCUT2D eigenvalue weighted by atomic mass is 16.6. The fourth-order valence-corrected chi connectivity index (χ4v) is 7.04. The van der Waals surface area contributed by atoms with E-state index >= 15 is 0 Å². The number of nitrogens with zero attached hydrogens (tertiary/aromatic N) is 1. The van der Waals surface area contributed by atoms with Crippen molar-refractivity contribution < 1.29 is 23.7 Å². The van der Waals surface area contributed by atoms with Crippen LogP contribution in [0.1, 0.15) is 49.3 Å². The third-order valence-corrected chi connectivity index (χ3v) is 8.64. The van der Waals surface area contributed by atoms with Crippen LogP contribution in [-0.4, -0.2) is 44.5 Å². The summed E-state index contributed by atoms with van der Waals surface area (Å²) in [5, 5.41) is 0. The van der Waals surface area contributed by atoms with E-state index in [1.54, 1.807) is 7.11 Å². The fraction of sp³-hybridized carbons (Fsp3) is 0.536. The maximum absolute atomic E-state index is 13.5. The second-order valence-corrected chi connectivity index (χ2v) is 10.9. The molecule has 5 heterocycles. The molecule has 0 spiro atoms. The van der Waals surface area contributed by atoms with Crippen LogP contribution in [-0.2, 0) is 31.8 Å². The van der Waals surface area contributed by atoms with Gasteiger partial charge in [-0.1, -0.05) is 0 Å². The Morgan fingerprint density at radius 2 is 2.00 bits per heavy atom. The number of hydrogen-bond donors (Lipinski definition) is 0. The van der Waals surface area contributed by atoms with Gasteiger partial charge >= 0.3 is 5.97 Å². The van der Waals surface area contributed by atoms with Gasteiger partial charge in [0, 0.05) is 41.7 Å². The van der Waals surface area contributed by atoms with Gasteiger partial charge in [0.25, 0.3) is 0 Å². The molecule has 7 rings (SSSR count). The van der Waals surface area contributed by atoms with Crippen LogP contribution in [0.4, 0.5) is 5.69 Å². The van der Waals surface area contributed by atoms with E-state index < -0.39 is 5.60 Å². The lowest BCUT2D eigenvalue weighted by atomic mass is 9.66. The summed E-state index contributed by atoms with van der Waals surface area (Å²) in [5.74, 6) is 2.00. The highest BCUT2D eigenvalue weighted by Gasteiger charge is 2.55. The summed E-state index contributed by atoms with van der Waals surface area (Å²) in [6, 6.07) is 2.34. The van der Waals surface area contributed by atoms with Crippen LogP contribution in [0, 0.1) is 11.8 Å². The number of benzene rings is 1. The van der Waals surface area contributed by atoms with E-state index in [0.717, 1.165) is 55.2 Å². The summed E-state index contributed by atoms with van der Waals surface area (Å²) in [5.41, 5.74) is 5.48. The molecule has 0 fully saturated rings. The van der Waals surface area contributed by atoms with Crippen LogP contribution >= 0.6 is 0 Å². The molecule has 0 saturated heterocycles. The molecule has 6 nitrogen and oxygen atoms in total. The summed E-state index contributed by atoms with van der Waals surface area (Å²) >= 11 is 0. The first-order valence-corrected chi connectivity index (χ1v) is 12.6. The number of fused-ring (bicyclic) bond motifs is 7. The molecule has 0 amide bonds. The third kappa shape index (κ3) is 2.71. The van der Waals surface area contributed by atoms with Crippen molar-refractivity contribution >= 4 is 11.7 Å². The Labute approximate surface area is 200 Å². The van der Waals surface area contributed by atoms with E-state index in [2.05, 4.69) is 24.8 Å². The second kappa shape index (κ2) is 7.06. The summed E-state index contributed by atoms with van der Waals surface area (Å²) in [7, 11) is 1.66. The van der Waals surface area contributed by atoms with Gasteiger partial charge in [-0.25, -0.2) is 4.79 Å². The first-order valence-electron chi connectivity index (χ1n) is 12.6. The molecule has 5 aliphatic heterocycles. The van der Waals surface area contributed by atoms with Gasteiger partial charge in [-0.15, -0.1) is 0 Å². The third-order valence-electron chi connectivity index (χ3n) is 8.64. The quantitative estimate of drug-likeness (QED) is 0.585. The molecule has 1 aliphatic carbocycles. The number of ether oxygens (including phenoxy) is 4. The normalized spacial score (nSPS) is 32.0. The molecule has 0 bridgehead atoms. The number of hydrogen-bond acceptors (Lipinski definition) is 6. The lowest BCUT2D eigenvalue weighted by Crippen LogP contribution is -2.52. The highest BCUT2D eigenvalue weighted by Crippen LogP contribution is 2.57. The maximum Gasteiger partial charge on any atom is 0.338 e. The lowest BCUT2D eigenvalue weighted by molar-refractivity contribution is -0.154. The molecule has 0 saturated carbocycles. The first kappa shape index (κ1) is 20.5. The molecule has 6 aliphatic rings. The molecule has 2 unspecified atom stereocenters. The van der Waals surface area contributed by atoms with Crippen molar-refractivity contribution in [3.63, 3.8) is 0 Å². The van der Waals surface area contributed by atoms with Crippen molar-refractivity contribution in [2.75, 3.05) is 31.7 Å². The minimum atomic E-state index is -0.481.